The normalized spacial score (nSPS) is 21.9. The minimum Gasteiger partial charge on any atom is -0.206 e. The summed E-state index contributed by atoms with van der Waals surface area (Å²) in [5, 5.41) is 1.82. The molecule has 1 atom stereocenters. The molecule has 0 amide bonds. The number of nitrogens with zero attached hydrogens (tertiary/aromatic N) is 1. The molecule has 0 N–H and O–H groups in total. The molecule has 5 heteroatoms. The van der Waals surface area contributed by atoms with E-state index in [9.17, 15) is 8.42 Å². The molecule has 1 aromatic heterocycles. The highest BCUT2D eigenvalue weighted by molar-refractivity contribution is 7.91. The summed E-state index contributed by atoms with van der Waals surface area (Å²) < 4.78 is 27.8. The Hall–Kier alpha value is -1.17. The third-order valence-corrected chi connectivity index (χ3v) is 7.60. The van der Waals surface area contributed by atoms with Crippen LogP contribution in [0.1, 0.15) is 29.2 Å². The lowest BCUT2D eigenvalue weighted by Crippen LogP contribution is -2.38. The van der Waals surface area contributed by atoms with E-state index in [1.165, 1.54) is 28.0 Å². The Morgan fingerprint density at radius 1 is 1.10 bits per heavy atom. The molecule has 20 heavy (non-hydrogen) atoms. The van der Waals surface area contributed by atoms with E-state index in [4.69, 9.17) is 0 Å². The van der Waals surface area contributed by atoms with Crippen LogP contribution >= 0.6 is 11.3 Å². The summed E-state index contributed by atoms with van der Waals surface area (Å²) in [6.45, 7) is 0.599. The van der Waals surface area contributed by atoms with E-state index in [2.05, 4.69) is 18.2 Å². The van der Waals surface area contributed by atoms with Gasteiger partial charge in [-0.1, -0.05) is 24.3 Å². The predicted octanol–water partition coefficient (Wildman–Crippen LogP) is 2.98. The summed E-state index contributed by atoms with van der Waals surface area (Å²) >= 11 is 1.30. The zero-order valence-corrected chi connectivity index (χ0v) is 12.6. The molecule has 1 aliphatic heterocycles. The molecular weight excluding hydrogens is 290 g/mol. The number of sulfonamides is 1. The van der Waals surface area contributed by atoms with Gasteiger partial charge in [-0.25, -0.2) is 8.42 Å². The predicted molar refractivity (Wildman–Crippen MR) is 79.4 cm³/mol. The van der Waals surface area contributed by atoms with Gasteiger partial charge in [0.25, 0.3) is 10.0 Å². The highest BCUT2D eigenvalue weighted by atomic mass is 32.2. The van der Waals surface area contributed by atoms with Crippen molar-refractivity contribution in [2.45, 2.75) is 29.5 Å². The molecule has 2 heterocycles. The SMILES string of the molecule is O=S(=O)(c1cccs1)N1CCc2cccc3c2C1CC3. The van der Waals surface area contributed by atoms with Crippen LogP contribution in [0.3, 0.4) is 0 Å². The van der Waals surface area contributed by atoms with Gasteiger partial charge in [0.1, 0.15) is 4.21 Å². The van der Waals surface area contributed by atoms with Gasteiger partial charge in [0.05, 0.1) is 6.04 Å². The van der Waals surface area contributed by atoms with E-state index in [0.717, 1.165) is 19.3 Å². The quantitative estimate of drug-likeness (QED) is 0.855. The first kappa shape index (κ1) is 12.6. The Bertz CT molecular complexity index is 750. The molecule has 0 saturated heterocycles. The monoisotopic (exact) mass is 305 g/mol. The first-order valence-electron chi connectivity index (χ1n) is 6.84. The van der Waals surface area contributed by atoms with Crippen LogP contribution < -0.4 is 0 Å². The maximum absolute atomic E-state index is 12.8. The van der Waals surface area contributed by atoms with Gasteiger partial charge < -0.3 is 0 Å². The maximum Gasteiger partial charge on any atom is 0.253 e. The van der Waals surface area contributed by atoms with E-state index in [0.29, 0.717) is 10.8 Å². The van der Waals surface area contributed by atoms with E-state index in [-0.39, 0.29) is 6.04 Å². The van der Waals surface area contributed by atoms with Gasteiger partial charge in [0.15, 0.2) is 0 Å². The number of hydrogen-bond donors (Lipinski definition) is 0. The fraction of sp³-hybridized carbons (Fsp3) is 0.333. The van der Waals surface area contributed by atoms with Crippen molar-refractivity contribution in [1.29, 1.82) is 0 Å². The second-order valence-corrected chi connectivity index (χ2v) is 8.41. The van der Waals surface area contributed by atoms with Crippen molar-refractivity contribution in [3.63, 3.8) is 0 Å². The number of aryl methyl sites for hydroxylation is 1. The van der Waals surface area contributed by atoms with Crippen molar-refractivity contribution in [3.8, 4) is 0 Å². The number of rotatable bonds is 2. The molecule has 3 nitrogen and oxygen atoms in total. The van der Waals surface area contributed by atoms with Crippen LogP contribution in [0.2, 0.25) is 0 Å². The zero-order chi connectivity index (χ0) is 13.7. The average Bonchev–Trinajstić information content (AvgIpc) is 3.10. The Morgan fingerprint density at radius 2 is 1.90 bits per heavy atom. The molecule has 0 spiro atoms. The maximum atomic E-state index is 12.8. The summed E-state index contributed by atoms with van der Waals surface area (Å²) in [4.78, 5) is 0. The van der Waals surface area contributed by atoms with E-state index >= 15 is 0 Å². The minimum atomic E-state index is -3.34. The molecule has 0 saturated carbocycles. The van der Waals surface area contributed by atoms with Crippen molar-refractivity contribution >= 4 is 21.4 Å². The number of thiophene rings is 1. The Kier molecular flexibility index (Phi) is 2.77. The van der Waals surface area contributed by atoms with Gasteiger partial charge in [-0.15, -0.1) is 11.3 Å². The molecule has 2 aromatic rings. The minimum absolute atomic E-state index is 0.0436. The molecule has 2 aliphatic rings. The lowest BCUT2D eigenvalue weighted by Gasteiger charge is -2.33. The summed E-state index contributed by atoms with van der Waals surface area (Å²) in [6, 6.07) is 9.93. The standard InChI is InChI=1S/C15H15NO2S2/c17-20(18,14-5-2-10-19-14)16-9-8-12-4-1-3-11-6-7-13(16)15(11)12/h1-5,10,13H,6-9H2. The lowest BCUT2D eigenvalue weighted by molar-refractivity contribution is 0.309. The van der Waals surface area contributed by atoms with Crippen molar-refractivity contribution in [3.05, 3.63) is 52.4 Å². The highest BCUT2D eigenvalue weighted by Gasteiger charge is 2.40. The Labute approximate surface area is 122 Å². The molecule has 1 unspecified atom stereocenters. The van der Waals surface area contributed by atoms with Crippen molar-refractivity contribution < 1.29 is 8.42 Å². The van der Waals surface area contributed by atoms with Crippen molar-refractivity contribution in [2.24, 2.45) is 0 Å². The molecular formula is C15H15NO2S2. The summed E-state index contributed by atoms with van der Waals surface area (Å²) in [6.07, 6.45) is 2.73. The molecule has 4 rings (SSSR count). The molecule has 0 radical (unpaired) electrons. The highest BCUT2D eigenvalue weighted by Crippen LogP contribution is 2.43. The van der Waals surface area contributed by atoms with Gasteiger partial charge in [0, 0.05) is 6.54 Å². The van der Waals surface area contributed by atoms with Gasteiger partial charge in [-0.05, 0) is 47.4 Å². The fourth-order valence-corrected chi connectivity index (χ4v) is 6.20. The van der Waals surface area contributed by atoms with Gasteiger partial charge in [0.2, 0.25) is 0 Å². The van der Waals surface area contributed by atoms with E-state index in [1.54, 1.807) is 16.4 Å². The lowest BCUT2D eigenvalue weighted by atomic mass is 9.95. The first-order valence-corrected chi connectivity index (χ1v) is 9.16. The molecule has 0 fully saturated rings. The smallest absolute Gasteiger partial charge is 0.206 e. The summed E-state index contributed by atoms with van der Waals surface area (Å²) in [7, 11) is -3.34. The summed E-state index contributed by atoms with van der Waals surface area (Å²) in [5.74, 6) is 0. The van der Waals surface area contributed by atoms with E-state index in [1.807, 2.05) is 5.38 Å². The molecule has 104 valence electrons. The van der Waals surface area contributed by atoms with Crippen LogP contribution in [0, 0.1) is 0 Å². The van der Waals surface area contributed by atoms with Crippen LogP contribution in [0.5, 0.6) is 0 Å². The molecule has 1 aromatic carbocycles. The second-order valence-electron chi connectivity index (χ2n) is 5.34. The summed E-state index contributed by atoms with van der Waals surface area (Å²) in [5.41, 5.74) is 3.94. The van der Waals surface area contributed by atoms with Gasteiger partial charge >= 0.3 is 0 Å². The average molecular weight is 305 g/mol. The van der Waals surface area contributed by atoms with E-state index < -0.39 is 10.0 Å². The van der Waals surface area contributed by atoms with Crippen LogP contribution in [0.4, 0.5) is 0 Å². The topological polar surface area (TPSA) is 37.4 Å². The second kappa shape index (κ2) is 4.41. The van der Waals surface area contributed by atoms with Gasteiger partial charge in [-0.3, -0.25) is 0 Å². The first-order chi connectivity index (χ1) is 9.68. The number of benzene rings is 1. The number of hydrogen-bond acceptors (Lipinski definition) is 3. The van der Waals surface area contributed by atoms with Crippen molar-refractivity contribution in [2.75, 3.05) is 6.54 Å². The fourth-order valence-electron chi connectivity index (χ4n) is 3.45. The Morgan fingerprint density at radius 3 is 2.65 bits per heavy atom. The van der Waals surface area contributed by atoms with Crippen molar-refractivity contribution in [1.82, 2.24) is 4.31 Å². The third kappa shape index (κ3) is 1.70. The molecule has 0 bridgehead atoms. The largest absolute Gasteiger partial charge is 0.253 e. The van der Waals surface area contributed by atoms with Crippen LogP contribution in [-0.2, 0) is 22.9 Å². The van der Waals surface area contributed by atoms with Crippen LogP contribution in [0.15, 0.2) is 39.9 Å². The Balaban J connectivity index is 1.81. The molecule has 1 aliphatic carbocycles. The third-order valence-electron chi connectivity index (χ3n) is 4.31. The van der Waals surface area contributed by atoms with Crippen LogP contribution in [-0.4, -0.2) is 19.3 Å². The zero-order valence-electron chi connectivity index (χ0n) is 11.0. The van der Waals surface area contributed by atoms with Gasteiger partial charge in [-0.2, -0.15) is 4.31 Å². The van der Waals surface area contributed by atoms with Crippen LogP contribution in [0.25, 0.3) is 0 Å².